The van der Waals surface area contributed by atoms with Gasteiger partial charge in [0.1, 0.15) is 11.2 Å². The van der Waals surface area contributed by atoms with Crippen molar-refractivity contribution in [1.29, 1.82) is 0 Å². The van der Waals surface area contributed by atoms with Gasteiger partial charge < -0.3 is 29.2 Å². The molecule has 0 spiro atoms. The summed E-state index contributed by atoms with van der Waals surface area (Å²) in [5.41, 5.74) is -0.855. The molecule has 9 nitrogen and oxygen atoms in total. The molecule has 4 saturated carbocycles. The van der Waals surface area contributed by atoms with E-state index in [2.05, 4.69) is 21.1 Å². The summed E-state index contributed by atoms with van der Waals surface area (Å²) in [6.07, 6.45) is 7.20. The maximum absolute atomic E-state index is 10.7. The fourth-order valence-electron chi connectivity index (χ4n) is 5.17. The molecule has 0 aromatic heterocycles. The van der Waals surface area contributed by atoms with Crippen LogP contribution in [0.25, 0.3) is 0 Å². The van der Waals surface area contributed by atoms with Gasteiger partial charge in [-0.3, -0.25) is 0 Å². The summed E-state index contributed by atoms with van der Waals surface area (Å²) in [6, 6.07) is 0. The first kappa shape index (κ1) is 27.8. The zero-order chi connectivity index (χ0) is 24.4. The third-order valence-electron chi connectivity index (χ3n) is 5.81. The van der Waals surface area contributed by atoms with E-state index in [1.54, 1.807) is 20.8 Å². The van der Waals surface area contributed by atoms with E-state index in [4.69, 9.17) is 14.9 Å². The summed E-state index contributed by atoms with van der Waals surface area (Å²) in [6.45, 7) is 7.61. The summed E-state index contributed by atoms with van der Waals surface area (Å²) < 4.78 is 18.4. The van der Waals surface area contributed by atoms with Crippen molar-refractivity contribution < 1.29 is 43.5 Å². The SMILES string of the molecule is CC(C)(C)OC(=O)O.CCCCCOC(=O)OC.O=C(O)OC12CC3CC(CC(C3)C1)C2. The Balaban J connectivity index is 0.000000254. The standard InChI is InChI=1S/C11H16O3.C7H14O3.C5H10O3/c12-10(13)14-11-4-7-1-8(5-11)3-9(2-7)6-11;1-3-4-5-6-10-7(8)9-2;1-5(2,3)8-4(6)7/h7-9H,1-6H2,(H,12,13);3-6H2,1-2H3;1-3H3,(H,6,7). The van der Waals surface area contributed by atoms with Crippen LogP contribution in [0.3, 0.4) is 0 Å². The van der Waals surface area contributed by atoms with Crippen LogP contribution in [0.5, 0.6) is 0 Å². The second-order valence-electron chi connectivity index (χ2n) is 9.96. The quantitative estimate of drug-likeness (QED) is 0.284. The van der Waals surface area contributed by atoms with Crippen molar-refractivity contribution in [1.82, 2.24) is 0 Å². The topological polar surface area (TPSA) is 129 Å². The van der Waals surface area contributed by atoms with Crippen molar-refractivity contribution in [2.75, 3.05) is 13.7 Å². The summed E-state index contributed by atoms with van der Waals surface area (Å²) in [5.74, 6) is 2.25. The molecule has 0 amide bonds. The molecule has 0 aromatic rings. The Labute approximate surface area is 190 Å². The van der Waals surface area contributed by atoms with Gasteiger partial charge in [-0.15, -0.1) is 0 Å². The number of hydrogen-bond acceptors (Lipinski definition) is 7. The van der Waals surface area contributed by atoms with Crippen molar-refractivity contribution in [2.45, 2.75) is 96.7 Å². The van der Waals surface area contributed by atoms with Gasteiger partial charge in [-0.1, -0.05) is 19.8 Å². The monoisotopic (exact) mass is 460 g/mol. The average Bonchev–Trinajstić information content (AvgIpc) is 2.62. The van der Waals surface area contributed by atoms with E-state index >= 15 is 0 Å². The van der Waals surface area contributed by atoms with E-state index in [0.717, 1.165) is 56.3 Å². The molecule has 0 heterocycles. The molecule has 0 aromatic carbocycles. The maximum atomic E-state index is 10.7. The molecule has 4 aliphatic rings. The molecule has 0 saturated heterocycles. The lowest BCUT2D eigenvalue weighted by Crippen LogP contribution is -2.52. The molecular formula is C23H40O9. The predicted molar refractivity (Wildman–Crippen MR) is 117 cm³/mol. The molecule has 32 heavy (non-hydrogen) atoms. The van der Waals surface area contributed by atoms with Crippen LogP contribution in [0.4, 0.5) is 14.4 Å². The van der Waals surface area contributed by atoms with E-state index in [1.165, 1.54) is 26.4 Å². The van der Waals surface area contributed by atoms with Gasteiger partial charge in [-0.25, -0.2) is 14.4 Å². The lowest BCUT2D eigenvalue weighted by molar-refractivity contribution is -0.137. The van der Waals surface area contributed by atoms with Crippen molar-refractivity contribution in [3.05, 3.63) is 0 Å². The molecule has 0 unspecified atom stereocenters. The number of rotatable bonds is 5. The van der Waals surface area contributed by atoms with Gasteiger partial charge in [0.25, 0.3) is 0 Å². The minimum absolute atomic E-state index is 0.277. The molecule has 4 fully saturated rings. The van der Waals surface area contributed by atoms with Crippen molar-refractivity contribution in [3.63, 3.8) is 0 Å². The number of methoxy groups -OCH3 is 1. The summed E-state index contributed by atoms with van der Waals surface area (Å²) in [5, 5.41) is 16.8. The Hall–Kier alpha value is -2.19. The van der Waals surface area contributed by atoms with Crippen LogP contribution in [0, 0.1) is 17.8 Å². The Morgan fingerprint density at radius 3 is 1.72 bits per heavy atom. The van der Waals surface area contributed by atoms with E-state index < -0.39 is 24.1 Å². The van der Waals surface area contributed by atoms with Crippen LogP contribution in [0.1, 0.15) is 85.5 Å². The minimum Gasteiger partial charge on any atom is -0.450 e. The number of unbranched alkanes of at least 4 members (excludes halogenated alkanes) is 2. The highest BCUT2D eigenvalue weighted by atomic mass is 16.7. The van der Waals surface area contributed by atoms with Gasteiger partial charge in [-0.05, 0) is 83.5 Å². The first-order valence-electron chi connectivity index (χ1n) is 11.4. The minimum atomic E-state index is -1.22. The van der Waals surface area contributed by atoms with E-state index in [1.807, 2.05) is 0 Å². The van der Waals surface area contributed by atoms with Crippen molar-refractivity contribution >= 4 is 18.5 Å². The van der Waals surface area contributed by atoms with Gasteiger partial charge in [-0.2, -0.15) is 0 Å². The van der Waals surface area contributed by atoms with Crippen LogP contribution in [-0.4, -0.2) is 53.6 Å². The molecule has 4 aliphatic carbocycles. The summed E-state index contributed by atoms with van der Waals surface area (Å²) in [7, 11) is 1.31. The second kappa shape index (κ2) is 12.7. The molecule has 4 rings (SSSR count). The van der Waals surface area contributed by atoms with Crippen LogP contribution in [0.2, 0.25) is 0 Å². The number of carbonyl (C=O) groups is 3. The molecule has 2 N–H and O–H groups in total. The van der Waals surface area contributed by atoms with Crippen molar-refractivity contribution in [3.8, 4) is 0 Å². The number of ether oxygens (including phenoxy) is 4. The number of carboxylic acid groups (broad SMARTS) is 2. The Kier molecular flexibility index (Phi) is 11.1. The largest absolute Gasteiger partial charge is 0.507 e. The van der Waals surface area contributed by atoms with Gasteiger partial charge in [0.2, 0.25) is 0 Å². The van der Waals surface area contributed by atoms with E-state index in [-0.39, 0.29) is 5.60 Å². The molecule has 0 radical (unpaired) electrons. The highest BCUT2D eigenvalue weighted by Crippen LogP contribution is 2.57. The average molecular weight is 461 g/mol. The zero-order valence-electron chi connectivity index (χ0n) is 20.1. The van der Waals surface area contributed by atoms with Gasteiger partial charge in [0.15, 0.2) is 0 Å². The highest BCUT2D eigenvalue weighted by Gasteiger charge is 2.53. The molecule has 0 aliphatic heterocycles. The zero-order valence-corrected chi connectivity index (χ0v) is 20.1. The van der Waals surface area contributed by atoms with Crippen LogP contribution >= 0.6 is 0 Å². The van der Waals surface area contributed by atoms with Crippen molar-refractivity contribution in [2.24, 2.45) is 17.8 Å². The molecule has 9 heteroatoms. The lowest BCUT2D eigenvalue weighted by Gasteiger charge is -2.55. The van der Waals surface area contributed by atoms with Crippen LogP contribution in [-0.2, 0) is 18.9 Å². The van der Waals surface area contributed by atoms with Gasteiger partial charge >= 0.3 is 18.5 Å². The molecule has 4 bridgehead atoms. The molecule has 186 valence electrons. The van der Waals surface area contributed by atoms with Gasteiger partial charge in [0.05, 0.1) is 13.7 Å². The Bertz CT molecular complexity index is 574. The fraction of sp³-hybridized carbons (Fsp3) is 0.870. The molecule has 0 atom stereocenters. The third-order valence-corrected chi connectivity index (χ3v) is 5.81. The normalized spacial score (nSPS) is 27.1. The summed E-state index contributed by atoms with van der Waals surface area (Å²) >= 11 is 0. The molecular weight excluding hydrogens is 420 g/mol. The fourth-order valence-corrected chi connectivity index (χ4v) is 5.17. The maximum Gasteiger partial charge on any atom is 0.507 e. The number of carbonyl (C=O) groups excluding carboxylic acids is 1. The third kappa shape index (κ3) is 10.9. The van der Waals surface area contributed by atoms with E-state index in [0.29, 0.717) is 6.61 Å². The first-order valence-corrected chi connectivity index (χ1v) is 11.4. The first-order chi connectivity index (χ1) is 14.9. The summed E-state index contributed by atoms with van der Waals surface area (Å²) in [4.78, 5) is 30.8. The Morgan fingerprint density at radius 2 is 1.41 bits per heavy atom. The van der Waals surface area contributed by atoms with Crippen LogP contribution < -0.4 is 0 Å². The van der Waals surface area contributed by atoms with E-state index in [9.17, 15) is 14.4 Å². The van der Waals surface area contributed by atoms with Gasteiger partial charge in [0, 0.05) is 0 Å². The lowest BCUT2D eigenvalue weighted by atomic mass is 9.54. The second-order valence-corrected chi connectivity index (χ2v) is 9.96. The van der Waals surface area contributed by atoms with Crippen LogP contribution in [0.15, 0.2) is 0 Å². The number of hydrogen-bond donors (Lipinski definition) is 2. The smallest absolute Gasteiger partial charge is 0.450 e. The Morgan fingerprint density at radius 1 is 0.906 bits per heavy atom. The predicted octanol–water partition coefficient (Wildman–Crippen LogP) is 6.09. The highest BCUT2D eigenvalue weighted by molar-refractivity contribution is 5.59.